The van der Waals surface area contributed by atoms with Gasteiger partial charge in [-0.1, -0.05) is 60.7 Å². The second kappa shape index (κ2) is 7.25. The van der Waals surface area contributed by atoms with Crippen molar-refractivity contribution in [2.75, 3.05) is 4.90 Å². The van der Waals surface area contributed by atoms with Gasteiger partial charge in [-0.05, 0) is 11.6 Å². The Morgan fingerprint density at radius 3 is 2.06 bits per heavy atom. The van der Waals surface area contributed by atoms with Crippen LogP contribution in [0.2, 0.25) is 0 Å². The predicted molar refractivity (Wildman–Crippen MR) is 121 cm³/mol. The van der Waals surface area contributed by atoms with Crippen LogP contribution in [0.3, 0.4) is 0 Å². The van der Waals surface area contributed by atoms with Gasteiger partial charge in [-0.3, -0.25) is 29.3 Å². The summed E-state index contributed by atoms with van der Waals surface area (Å²) in [7, 11) is 0. The Hall–Kier alpha value is -4.50. The Bertz CT molecular complexity index is 1430. The summed E-state index contributed by atoms with van der Waals surface area (Å²) >= 11 is 0. The van der Waals surface area contributed by atoms with Crippen LogP contribution >= 0.6 is 0 Å². The smallest absolute Gasteiger partial charge is 0.271 e. The minimum Gasteiger partial charge on any atom is -0.349 e. The van der Waals surface area contributed by atoms with E-state index >= 15 is 0 Å². The molecule has 9 heteroatoms. The van der Waals surface area contributed by atoms with Gasteiger partial charge in [0.15, 0.2) is 0 Å². The summed E-state index contributed by atoms with van der Waals surface area (Å²) in [6, 6.07) is 20.0. The molecule has 3 atom stereocenters. The lowest BCUT2D eigenvalue weighted by molar-refractivity contribution is -0.384. The van der Waals surface area contributed by atoms with Crippen LogP contribution in [0.1, 0.15) is 32.4 Å². The maximum atomic E-state index is 13.8. The number of rotatable bonds is 3. The highest BCUT2D eigenvalue weighted by Gasteiger charge is 2.74. The summed E-state index contributed by atoms with van der Waals surface area (Å²) in [5, 5.41) is 11.3. The third-order valence-corrected chi connectivity index (χ3v) is 6.95. The number of Topliss-reactive ketones (excluding diaryl/α,β-unsaturated/α-hetero) is 2. The molecule has 2 aliphatic heterocycles. The van der Waals surface area contributed by atoms with Crippen molar-refractivity contribution in [1.29, 1.82) is 0 Å². The molecular formula is C26H16N2O7. The van der Waals surface area contributed by atoms with Crippen molar-refractivity contribution in [3.63, 3.8) is 0 Å². The molecule has 3 aromatic carbocycles. The van der Waals surface area contributed by atoms with E-state index in [1.54, 1.807) is 42.5 Å². The van der Waals surface area contributed by atoms with Gasteiger partial charge in [0.2, 0.25) is 29.0 Å². The summed E-state index contributed by atoms with van der Waals surface area (Å²) in [4.78, 5) is 66.4. The van der Waals surface area contributed by atoms with Crippen molar-refractivity contribution in [3.8, 4) is 0 Å². The zero-order valence-electron chi connectivity index (χ0n) is 18.0. The summed E-state index contributed by atoms with van der Waals surface area (Å²) < 4.78 is 6.18. The first-order valence-corrected chi connectivity index (χ1v) is 10.9. The highest BCUT2D eigenvalue weighted by Crippen LogP contribution is 2.57. The van der Waals surface area contributed by atoms with E-state index in [1.807, 2.05) is 0 Å². The normalized spacial score (nSPS) is 24.2. The average Bonchev–Trinajstić information content (AvgIpc) is 3.44. The van der Waals surface area contributed by atoms with Gasteiger partial charge >= 0.3 is 0 Å². The molecule has 2 saturated heterocycles. The van der Waals surface area contributed by atoms with Gasteiger partial charge in [0, 0.05) is 23.3 Å². The fourth-order valence-electron chi connectivity index (χ4n) is 5.46. The summed E-state index contributed by atoms with van der Waals surface area (Å²) in [6.07, 6.45) is -1.04. The van der Waals surface area contributed by atoms with Crippen molar-refractivity contribution in [1.82, 2.24) is 0 Å². The predicted octanol–water partition coefficient (Wildman–Crippen LogP) is 3.29. The molecule has 0 aromatic heterocycles. The highest BCUT2D eigenvalue weighted by molar-refractivity contribution is 6.37. The molecule has 1 spiro atoms. The Kier molecular flexibility index (Phi) is 4.36. The fraction of sp³-hybridized carbons (Fsp3) is 0.154. The maximum Gasteiger partial charge on any atom is 0.271 e. The van der Waals surface area contributed by atoms with Crippen LogP contribution in [0.5, 0.6) is 0 Å². The quantitative estimate of drug-likeness (QED) is 0.250. The number of nitro groups is 1. The highest BCUT2D eigenvalue weighted by atomic mass is 16.6. The molecule has 2 fully saturated rings. The monoisotopic (exact) mass is 468 g/mol. The third-order valence-electron chi connectivity index (χ3n) is 6.95. The molecule has 1 aliphatic carbocycles. The zero-order valence-corrected chi connectivity index (χ0v) is 18.0. The Balaban J connectivity index is 1.54. The van der Waals surface area contributed by atoms with E-state index in [0.717, 1.165) is 11.0 Å². The molecular weight excluding hydrogens is 452 g/mol. The van der Waals surface area contributed by atoms with Crippen molar-refractivity contribution in [2.24, 2.45) is 11.8 Å². The number of anilines is 1. The minimum absolute atomic E-state index is 0.000899. The number of nitro benzene ring substituents is 1. The van der Waals surface area contributed by atoms with E-state index in [2.05, 4.69) is 0 Å². The average molecular weight is 468 g/mol. The van der Waals surface area contributed by atoms with Gasteiger partial charge in [0.1, 0.15) is 0 Å². The Morgan fingerprint density at radius 1 is 0.800 bits per heavy atom. The number of nitrogens with zero attached hydrogens (tertiary/aromatic N) is 2. The van der Waals surface area contributed by atoms with Crippen molar-refractivity contribution >= 4 is 34.8 Å². The molecule has 3 aliphatic rings. The number of carbonyl (C=O) groups excluding carboxylic acids is 4. The number of non-ortho nitro benzene ring substituents is 1. The van der Waals surface area contributed by atoms with Crippen LogP contribution < -0.4 is 4.90 Å². The van der Waals surface area contributed by atoms with Crippen LogP contribution in [0.15, 0.2) is 78.9 Å². The SMILES string of the molecule is O=C1C2C(c3ccccc3)OC3(C(=O)c4ccccc4C3=O)C2C(=O)N1c1cccc([N+](=O)[O-])c1. The molecule has 9 nitrogen and oxygen atoms in total. The zero-order chi connectivity index (χ0) is 24.5. The van der Waals surface area contributed by atoms with Gasteiger partial charge < -0.3 is 4.74 Å². The first-order chi connectivity index (χ1) is 16.9. The van der Waals surface area contributed by atoms with Crippen molar-refractivity contribution in [3.05, 3.63) is 106 Å². The number of carbonyl (C=O) groups is 4. The number of hydrogen-bond donors (Lipinski definition) is 0. The van der Waals surface area contributed by atoms with E-state index in [0.29, 0.717) is 5.56 Å². The second-order valence-electron chi connectivity index (χ2n) is 8.68. The molecule has 35 heavy (non-hydrogen) atoms. The summed E-state index contributed by atoms with van der Waals surface area (Å²) in [5.41, 5.74) is -1.67. The maximum absolute atomic E-state index is 13.8. The molecule has 6 rings (SSSR count). The van der Waals surface area contributed by atoms with Crippen LogP contribution in [0, 0.1) is 22.0 Å². The lowest BCUT2D eigenvalue weighted by Gasteiger charge is -2.27. The van der Waals surface area contributed by atoms with E-state index < -0.39 is 51.8 Å². The van der Waals surface area contributed by atoms with Crippen molar-refractivity contribution in [2.45, 2.75) is 11.7 Å². The van der Waals surface area contributed by atoms with Crippen LogP contribution in [0.25, 0.3) is 0 Å². The number of fused-ring (bicyclic) bond motifs is 3. The molecule has 2 heterocycles. The molecule has 3 aromatic rings. The summed E-state index contributed by atoms with van der Waals surface area (Å²) in [5.74, 6) is -5.36. The van der Waals surface area contributed by atoms with E-state index in [-0.39, 0.29) is 22.5 Å². The third kappa shape index (κ3) is 2.66. The molecule has 0 bridgehead atoms. The number of imide groups is 1. The molecule has 2 amide bonds. The number of benzene rings is 3. The first-order valence-electron chi connectivity index (χ1n) is 10.9. The lowest BCUT2D eigenvalue weighted by Crippen LogP contribution is -2.51. The van der Waals surface area contributed by atoms with Crippen LogP contribution in [-0.2, 0) is 14.3 Å². The topological polar surface area (TPSA) is 124 Å². The van der Waals surface area contributed by atoms with Gasteiger partial charge in [-0.15, -0.1) is 0 Å². The van der Waals surface area contributed by atoms with Gasteiger partial charge in [-0.25, -0.2) is 4.90 Å². The summed E-state index contributed by atoms with van der Waals surface area (Å²) in [6.45, 7) is 0. The standard InChI is InChI=1S/C26H16N2O7/c29-22-17-11-4-5-12-18(17)23(30)26(22)20-19(21(35-26)14-7-2-1-3-8-14)24(31)27(25(20)32)15-9-6-10-16(13-15)28(33)34/h1-13,19-21H. The van der Waals surface area contributed by atoms with E-state index in [4.69, 9.17) is 4.74 Å². The largest absolute Gasteiger partial charge is 0.349 e. The molecule has 0 radical (unpaired) electrons. The van der Waals surface area contributed by atoms with Gasteiger partial charge in [0.05, 0.1) is 28.6 Å². The van der Waals surface area contributed by atoms with Crippen molar-refractivity contribution < 1.29 is 28.8 Å². The molecule has 0 N–H and O–H groups in total. The molecule has 0 saturated carbocycles. The van der Waals surface area contributed by atoms with Gasteiger partial charge in [-0.2, -0.15) is 0 Å². The second-order valence-corrected chi connectivity index (χ2v) is 8.68. The number of ether oxygens (including phenoxy) is 1. The number of ketones is 2. The number of amides is 2. The first kappa shape index (κ1) is 21.1. The van der Waals surface area contributed by atoms with Gasteiger partial charge in [0.25, 0.3) is 5.69 Å². The number of hydrogen-bond acceptors (Lipinski definition) is 7. The minimum atomic E-state index is -2.18. The Morgan fingerprint density at radius 2 is 1.43 bits per heavy atom. The van der Waals surface area contributed by atoms with E-state index in [9.17, 15) is 29.3 Å². The lowest BCUT2D eigenvalue weighted by atomic mass is 9.77. The Labute approximate surface area is 198 Å². The fourth-order valence-corrected chi connectivity index (χ4v) is 5.46. The van der Waals surface area contributed by atoms with E-state index in [1.165, 1.54) is 30.3 Å². The molecule has 3 unspecified atom stereocenters. The van der Waals surface area contributed by atoms with Crippen LogP contribution in [0.4, 0.5) is 11.4 Å². The van der Waals surface area contributed by atoms with Crippen LogP contribution in [-0.4, -0.2) is 33.9 Å². The molecule has 172 valence electrons.